The van der Waals surface area contributed by atoms with E-state index in [0.29, 0.717) is 37.5 Å². The topological polar surface area (TPSA) is 165 Å². The lowest BCUT2D eigenvalue weighted by molar-refractivity contribution is -0.125. The normalized spacial score (nSPS) is 13.1. The van der Waals surface area contributed by atoms with Crippen molar-refractivity contribution in [1.29, 1.82) is 0 Å². The van der Waals surface area contributed by atoms with Gasteiger partial charge in [0.05, 0.1) is 33.1 Å². The van der Waals surface area contributed by atoms with Crippen LogP contribution in [0.25, 0.3) is 22.1 Å². The van der Waals surface area contributed by atoms with Crippen LogP contribution in [0.2, 0.25) is 0 Å². The van der Waals surface area contributed by atoms with Gasteiger partial charge in [0.1, 0.15) is 59.4 Å². The first-order chi connectivity index (χ1) is 39.0. The monoisotopic (exact) mass is 1160 g/mol. The molecular formula is C67H80N6O8S2. The van der Waals surface area contributed by atoms with Gasteiger partial charge in [0.15, 0.2) is 0 Å². The van der Waals surface area contributed by atoms with Crippen LogP contribution < -0.4 is 29.6 Å². The third kappa shape index (κ3) is 17.3. The number of rotatable bonds is 15. The Morgan fingerprint density at radius 1 is 0.602 bits per heavy atom. The Morgan fingerprint density at radius 2 is 1.00 bits per heavy atom. The van der Waals surface area contributed by atoms with Crippen LogP contribution in [0.5, 0.6) is 34.5 Å². The van der Waals surface area contributed by atoms with Crippen LogP contribution >= 0.6 is 23.5 Å². The molecule has 1 unspecified atom stereocenters. The number of nitrogens with one attached hydrogen (secondary N) is 2. The second kappa shape index (κ2) is 26.3. The minimum Gasteiger partial charge on any atom is -0.486 e. The molecule has 4 amide bonds. The van der Waals surface area contributed by atoms with Crippen LogP contribution in [0.4, 0.5) is 4.79 Å². The molecule has 2 N–H and O–H groups in total. The number of carbonyl (C=O) groups is 4. The average Bonchev–Trinajstić information content (AvgIpc) is 4.25. The third-order valence-corrected chi connectivity index (χ3v) is 15.8. The average molecular weight is 1160 g/mol. The summed E-state index contributed by atoms with van der Waals surface area (Å²) in [5, 5.41) is 3.77. The van der Waals surface area contributed by atoms with Gasteiger partial charge in [0.25, 0.3) is 5.24 Å². The molecule has 0 bridgehead atoms. The summed E-state index contributed by atoms with van der Waals surface area (Å²) in [6.07, 6.45) is 2.80. The minimum absolute atomic E-state index is 0.00515. The molecule has 0 radical (unpaired) electrons. The molecule has 14 nitrogen and oxygen atoms in total. The number of amides is 4. The number of carbonyl (C=O) groups excluding carboxylic acids is 4. The Hall–Kier alpha value is -7.56. The van der Waals surface area contributed by atoms with E-state index in [0.717, 1.165) is 79.8 Å². The number of imide groups is 2. The molecule has 0 spiro atoms. The first-order valence-electron chi connectivity index (χ1n) is 27.7. The Kier molecular flexibility index (Phi) is 20.0. The van der Waals surface area contributed by atoms with Crippen molar-refractivity contribution in [2.24, 2.45) is 14.1 Å². The highest BCUT2D eigenvalue weighted by molar-refractivity contribution is 8.14. The number of benzene rings is 6. The second-order valence-electron chi connectivity index (χ2n) is 24.9. The third-order valence-electron chi connectivity index (χ3n) is 14.1. The molecule has 0 aliphatic carbocycles. The highest BCUT2D eigenvalue weighted by Crippen LogP contribution is 2.38. The predicted octanol–water partition coefficient (Wildman–Crippen LogP) is 14.9. The van der Waals surface area contributed by atoms with Gasteiger partial charge in [0.2, 0.25) is 18.2 Å². The molecule has 6 aromatic carbocycles. The summed E-state index contributed by atoms with van der Waals surface area (Å²) in [5.41, 5.74) is 11.1. The SMILES string of the molecule is CSC(Cc1ccc(OCc2nc3ccc(Oc4cc(C(C)(C)C)cc(C(C)(C)C)c4)cc3n2C)cc1)C(=O)NC=O.Cc1ccc(OCc2nc3ccc(Oc4cc(C(C)(C)C)cc(C(C)(C)C)c4)cc3n2C)cc1.O=C1CSC(=O)N1. The number of nitrogens with zero attached hydrogens (tertiary/aromatic N) is 4. The van der Waals surface area contributed by atoms with Gasteiger partial charge in [-0.2, -0.15) is 11.8 Å². The van der Waals surface area contributed by atoms with E-state index in [9.17, 15) is 19.2 Å². The number of imidazole rings is 2. The number of hydrogen-bond acceptors (Lipinski definition) is 12. The van der Waals surface area contributed by atoms with Crippen molar-refractivity contribution < 1.29 is 38.1 Å². The van der Waals surface area contributed by atoms with Crippen LogP contribution in [0.15, 0.2) is 121 Å². The molecule has 16 heteroatoms. The number of ether oxygens (including phenoxy) is 4. The Bertz CT molecular complexity index is 3520. The Morgan fingerprint density at radius 3 is 1.34 bits per heavy atom. The smallest absolute Gasteiger partial charge is 0.286 e. The van der Waals surface area contributed by atoms with Crippen molar-refractivity contribution in [3.05, 3.63) is 166 Å². The molecule has 0 saturated carbocycles. The molecule has 1 atom stereocenters. The molecule has 3 heterocycles. The summed E-state index contributed by atoms with van der Waals surface area (Å²) in [5.74, 6) is 6.28. The van der Waals surface area contributed by atoms with Gasteiger partial charge in [-0.1, -0.05) is 137 Å². The van der Waals surface area contributed by atoms with Gasteiger partial charge in [-0.25, -0.2) is 9.97 Å². The maximum absolute atomic E-state index is 12.0. The van der Waals surface area contributed by atoms with E-state index >= 15 is 0 Å². The second-order valence-corrected chi connectivity index (χ2v) is 26.9. The van der Waals surface area contributed by atoms with Crippen LogP contribution in [0.1, 0.15) is 128 Å². The standard InChI is InChI=1S/C34H41N3O4S.C30H36N2O2.C3H3NO2S/c1-33(2,3)23-16-24(34(4,5)6)18-27(17-23)41-26-13-14-28-29(19-26)37(7)31(36-28)20-40-25-11-9-22(10-12-25)15-30(42-8)32(39)35-21-38;1-20-9-11-23(12-10-20)33-19-28-31-26-14-13-24(18-27(26)32(28)8)34-25-16-21(29(2,3)4)15-22(17-25)30(5,6)7;5-2-1-7-3(6)4-2/h9-14,16-19,21,30H,15,20H2,1-8H3,(H,35,38,39);9-18H,19H2,1-8H3;1H2,(H,4,5,6). The fourth-order valence-corrected chi connectivity index (χ4v) is 9.92. The molecule has 8 aromatic rings. The van der Waals surface area contributed by atoms with Crippen molar-refractivity contribution in [1.82, 2.24) is 29.7 Å². The first kappa shape index (κ1) is 63.0. The maximum atomic E-state index is 12.0. The summed E-state index contributed by atoms with van der Waals surface area (Å²) in [6.45, 7) is 29.5. The lowest BCUT2D eigenvalue weighted by atomic mass is 9.80. The van der Waals surface area contributed by atoms with Gasteiger partial charge in [-0.15, -0.1) is 0 Å². The largest absolute Gasteiger partial charge is 0.486 e. The summed E-state index contributed by atoms with van der Waals surface area (Å²) < 4.78 is 28.9. The van der Waals surface area contributed by atoms with Crippen LogP contribution in [-0.2, 0) is 69.8 Å². The van der Waals surface area contributed by atoms with Crippen molar-refractivity contribution in [3.8, 4) is 34.5 Å². The molecule has 1 aliphatic heterocycles. The van der Waals surface area contributed by atoms with Crippen molar-refractivity contribution in [3.63, 3.8) is 0 Å². The van der Waals surface area contributed by atoms with E-state index in [1.54, 1.807) is 0 Å². The zero-order valence-electron chi connectivity index (χ0n) is 50.9. The predicted molar refractivity (Wildman–Crippen MR) is 337 cm³/mol. The minimum atomic E-state index is -0.334. The Labute approximate surface area is 497 Å². The molecule has 438 valence electrons. The maximum Gasteiger partial charge on any atom is 0.286 e. The van der Waals surface area contributed by atoms with Crippen LogP contribution in [0, 0.1) is 6.92 Å². The lowest BCUT2D eigenvalue weighted by Crippen LogP contribution is -2.32. The van der Waals surface area contributed by atoms with Crippen LogP contribution in [-0.4, -0.2) is 59.8 Å². The number of fused-ring (bicyclic) bond motifs is 2. The zero-order chi connectivity index (χ0) is 60.6. The van der Waals surface area contributed by atoms with Crippen molar-refractivity contribution >= 4 is 69.1 Å². The zero-order valence-corrected chi connectivity index (χ0v) is 52.5. The van der Waals surface area contributed by atoms with Gasteiger partial charge in [-0.3, -0.25) is 29.8 Å². The molecule has 1 saturated heterocycles. The fraction of sp³-hybridized carbons (Fsp3) is 0.373. The van der Waals surface area contributed by atoms with E-state index in [1.807, 2.05) is 104 Å². The number of hydrogen-bond donors (Lipinski definition) is 2. The fourth-order valence-electron chi connectivity index (χ4n) is 8.76. The van der Waals surface area contributed by atoms with Gasteiger partial charge >= 0.3 is 0 Å². The van der Waals surface area contributed by atoms with Crippen molar-refractivity contribution in [2.75, 3.05) is 12.0 Å². The van der Waals surface area contributed by atoms with Crippen LogP contribution in [0.3, 0.4) is 0 Å². The highest BCUT2D eigenvalue weighted by Gasteiger charge is 2.24. The Balaban J connectivity index is 0.000000216. The molecule has 2 aromatic heterocycles. The van der Waals surface area contributed by atoms with E-state index in [1.165, 1.54) is 39.6 Å². The van der Waals surface area contributed by atoms with E-state index < -0.39 is 0 Å². The summed E-state index contributed by atoms with van der Waals surface area (Å²) in [7, 11) is 4.00. The van der Waals surface area contributed by atoms with Crippen molar-refractivity contribution in [2.45, 2.75) is 137 Å². The molecule has 83 heavy (non-hydrogen) atoms. The van der Waals surface area contributed by atoms with Gasteiger partial charge in [0, 0.05) is 26.2 Å². The van der Waals surface area contributed by atoms with E-state index in [-0.39, 0.29) is 44.0 Å². The lowest BCUT2D eigenvalue weighted by Gasteiger charge is -2.26. The molecule has 1 fully saturated rings. The van der Waals surface area contributed by atoms with Gasteiger partial charge in [-0.05, 0) is 142 Å². The molecule has 1 aliphatic rings. The number of aryl methyl sites for hydroxylation is 3. The number of aromatic nitrogens is 4. The molecular weight excluding hydrogens is 1080 g/mol. The summed E-state index contributed by atoms with van der Waals surface area (Å²) in [6, 6.07) is 40.9. The summed E-state index contributed by atoms with van der Waals surface area (Å²) >= 11 is 2.42. The summed E-state index contributed by atoms with van der Waals surface area (Å²) in [4.78, 5) is 52.4. The quantitative estimate of drug-likeness (QED) is 0.0935. The molecule has 9 rings (SSSR count). The number of thioether (sulfide) groups is 2. The first-order valence-corrected chi connectivity index (χ1v) is 30.0. The highest BCUT2D eigenvalue weighted by atomic mass is 32.2. The van der Waals surface area contributed by atoms with E-state index in [4.69, 9.17) is 28.9 Å². The van der Waals surface area contributed by atoms with Gasteiger partial charge < -0.3 is 28.1 Å². The van der Waals surface area contributed by atoms with E-state index in [2.05, 4.69) is 148 Å².